The minimum Gasteiger partial charge on any atom is -0.0955 e. The lowest BCUT2D eigenvalue weighted by atomic mass is 9.92. The molecule has 0 bridgehead atoms. The van der Waals surface area contributed by atoms with Crippen LogP contribution in [0.5, 0.6) is 0 Å². The van der Waals surface area contributed by atoms with Crippen LogP contribution < -0.4 is 0 Å². The first-order valence-electron chi connectivity index (χ1n) is 11.3. The normalized spacial score (nSPS) is 10.7. The van der Waals surface area contributed by atoms with Crippen LogP contribution in [-0.2, 0) is 0 Å². The predicted molar refractivity (Wildman–Crippen MR) is 143 cm³/mol. The Labute approximate surface area is 196 Å². The molecule has 5 rings (SSSR count). The lowest BCUT2D eigenvalue weighted by Crippen LogP contribution is -1.87. The number of allylic oxidation sites excluding steroid dienone is 1. The van der Waals surface area contributed by atoms with Gasteiger partial charge in [0.15, 0.2) is 0 Å². The van der Waals surface area contributed by atoms with Gasteiger partial charge in [-0.05, 0) is 87.3 Å². The second-order valence-corrected chi connectivity index (χ2v) is 8.47. The molecule has 158 valence electrons. The molecular weight excluding hydrogens is 396 g/mol. The minimum atomic E-state index is 1.08. The van der Waals surface area contributed by atoms with Crippen LogP contribution in [0.1, 0.15) is 12.5 Å². The zero-order valence-corrected chi connectivity index (χ0v) is 18.8. The van der Waals surface area contributed by atoms with Gasteiger partial charge in [-0.3, -0.25) is 0 Å². The molecule has 0 N–H and O–H groups in total. The fourth-order valence-corrected chi connectivity index (χ4v) is 4.23. The molecule has 33 heavy (non-hydrogen) atoms. The van der Waals surface area contributed by atoms with Crippen molar-refractivity contribution in [3.63, 3.8) is 0 Å². The van der Waals surface area contributed by atoms with Crippen LogP contribution in [0.3, 0.4) is 0 Å². The summed E-state index contributed by atoms with van der Waals surface area (Å²) in [6.45, 7) is 6.15. The second-order valence-electron chi connectivity index (χ2n) is 8.47. The van der Waals surface area contributed by atoms with Gasteiger partial charge < -0.3 is 0 Å². The van der Waals surface area contributed by atoms with E-state index in [2.05, 4.69) is 141 Å². The Hall–Kier alpha value is -4.16. The zero-order chi connectivity index (χ0) is 22.6. The van der Waals surface area contributed by atoms with Gasteiger partial charge in [-0.2, -0.15) is 0 Å². The van der Waals surface area contributed by atoms with Gasteiger partial charge in [0.1, 0.15) is 0 Å². The first kappa shape index (κ1) is 20.7. The molecule has 0 aromatic heterocycles. The first-order chi connectivity index (χ1) is 16.2. The van der Waals surface area contributed by atoms with Crippen molar-refractivity contribution in [2.75, 3.05) is 0 Å². The summed E-state index contributed by atoms with van der Waals surface area (Å²) < 4.78 is 0. The van der Waals surface area contributed by atoms with Gasteiger partial charge in [-0.15, -0.1) is 0 Å². The Balaban J connectivity index is 1.64. The van der Waals surface area contributed by atoms with Gasteiger partial charge in [0.25, 0.3) is 0 Å². The van der Waals surface area contributed by atoms with Crippen molar-refractivity contribution in [3.8, 4) is 44.5 Å². The summed E-state index contributed by atoms with van der Waals surface area (Å²) >= 11 is 0. The molecule has 5 aromatic carbocycles. The molecule has 0 saturated carbocycles. The summed E-state index contributed by atoms with van der Waals surface area (Å²) in [5.74, 6) is 0. The molecule has 0 aliphatic heterocycles. The number of hydrogen-bond donors (Lipinski definition) is 0. The van der Waals surface area contributed by atoms with Crippen LogP contribution >= 0.6 is 0 Å². The molecule has 0 atom stereocenters. The van der Waals surface area contributed by atoms with E-state index in [9.17, 15) is 0 Å². The zero-order valence-electron chi connectivity index (χ0n) is 18.8. The fraction of sp³-hybridized carbons (Fsp3) is 0.0303. The largest absolute Gasteiger partial charge is 0.0955 e. The van der Waals surface area contributed by atoms with Crippen LogP contribution in [0.25, 0.3) is 50.1 Å². The second kappa shape index (κ2) is 9.14. The third-order valence-corrected chi connectivity index (χ3v) is 6.03. The first-order valence-corrected chi connectivity index (χ1v) is 11.3. The van der Waals surface area contributed by atoms with Crippen LogP contribution in [0.2, 0.25) is 0 Å². The summed E-state index contributed by atoms with van der Waals surface area (Å²) in [6, 6.07) is 45.5. The molecular formula is C33H26. The maximum atomic E-state index is 4.10. The Morgan fingerprint density at radius 2 is 0.758 bits per heavy atom. The highest BCUT2D eigenvalue weighted by Crippen LogP contribution is 2.34. The average molecular weight is 423 g/mol. The van der Waals surface area contributed by atoms with Crippen LogP contribution in [0.15, 0.2) is 134 Å². The summed E-state index contributed by atoms with van der Waals surface area (Å²) in [5.41, 5.74) is 12.0. The SMILES string of the molecule is C=C(C)c1cccc(-c2cccc(-c3cc(-c4ccccc4)cc(-c4ccccc4)c3)c2)c1. The molecule has 0 aliphatic rings. The Morgan fingerprint density at radius 3 is 1.27 bits per heavy atom. The molecule has 0 aliphatic carbocycles. The smallest absolute Gasteiger partial charge is 0.0171 e. The highest BCUT2D eigenvalue weighted by molar-refractivity contribution is 5.83. The third kappa shape index (κ3) is 4.56. The highest BCUT2D eigenvalue weighted by Gasteiger charge is 2.09. The Morgan fingerprint density at radius 1 is 0.394 bits per heavy atom. The van der Waals surface area contributed by atoms with E-state index in [0.29, 0.717) is 0 Å². The lowest BCUT2D eigenvalue weighted by Gasteiger charge is -2.13. The molecule has 0 radical (unpaired) electrons. The van der Waals surface area contributed by atoms with Crippen LogP contribution in [0.4, 0.5) is 0 Å². The van der Waals surface area contributed by atoms with E-state index in [1.165, 1.54) is 50.1 Å². The average Bonchev–Trinajstić information content (AvgIpc) is 2.89. The molecule has 0 fully saturated rings. The van der Waals surface area contributed by atoms with Gasteiger partial charge >= 0.3 is 0 Å². The molecule has 0 heteroatoms. The van der Waals surface area contributed by atoms with Gasteiger partial charge in [0, 0.05) is 0 Å². The van der Waals surface area contributed by atoms with E-state index in [0.717, 1.165) is 5.57 Å². The lowest BCUT2D eigenvalue weighted by molar-refractivity contribution is 1.54. The number of hydrogen-bond acceptors (Lipinski definition) is 0. The third-order valence-electron chi connectivity index (χ3n) is 6.03. The maximum Gasteiger partial charge on any atom is -0.0171 e. The predicted octanol–water partition coefficient (Wildman–Crippen LogP) is 9.39. The van der Waals surface area contributed by atoms with Crippen molar-refractivity contribution in [3.05, 3.63) is 140 Å². The van der Waals surface area contributed by atoms with E-state index >= 15 is 0 Å². The summed E-state index contributed by atoms with van der Waals surface area (Å²) in [7, 11) is 0. The van der Waals surface area contributed by atoms with Gasteiger partial charge in [-0.1, -0.05) is 109 Å². The van der Waals surface area contributed by atoms with Crippen molar-refractivity contribution in [2.24, 2.45) is 0 Å². The summed E-state index contributed by atoms with van der Waals surface area (Å²) in [5, 5.41) is 0. The summed E-state index contributed by atoms with van der Waals surface area (Å²) in [6.07, 6.45) is 0. The Kier molecular flexibility index (Phi) is 5.74. The monoisotopic (exact) mass is 422 g/mol. The fourth-order valence-electron chi connectivity index (χ4n) is 4.23. The van der Waals surface area contributed by atoms with E-state index < -0.39 is 0 Å². The molecule has 0 nitrogen and oxygen atoms in total. The molecule has 0 unspecified atom stereocenters. The maximum absolute atomic E-state index is 4.10. The Bertz CT molecular complexity index is 1350. The standard InChI is InChI=1S/C33H26/c1-24(2)27-15-9-16-28(19-27)29-17-10-18-30(20-29)33-22-31(25-11-5-3-6-12-25)21-32(23-33)26-13-7-4-8-14-26/h3-23H,1H2,2H3. The van der Waals surface area contributed by atoms with E-state index in [1.807, 2.05) is 0 Å². The number of benzene rings is 5. The van der Waals surface area contributed by atoms with E-state index in [1.54, 1.807) is 0 Å². The molecule has 5 aromatic rings. The topological polar surface area (TPSA) is 0 Å². The molecule has 0 spiro atoms. The van der Waals surface area contributed by atoms with Crippen LogP contribution in [0, 0.1) is 0 Å². The van der Waals surface area contributed by atoms with Gasteiger partial charge in [0.05, 0.1) is 0 Å². The van der Waals surface area contributed by atoms with Crippen molar-refractivity contribution >= 4 is 5.57 Å². The van der Waals surface area contributed by atoms with E-state index in [4.69, 9.17) is 0 Å². The highest BCUT2D eigenvalue weighted by atomic mass is 14.1. The molecule has 0 saturated heterocycles. The van der Waals surface area contributed by atoms with Gasteiger partial charge in [0.2, 0.25) is 0 Å². The van der Waals surface area contributed by atoms with Crippen molar-refractivity contribution in [1.82, 2.24) is 0 Å². The molecule has 0 heterocycles. The van der Waals surface area contributed by atoms with Crippen molar-refractivity contribution in [1.29, 1.82) is 0 Å². The van der Waals surface area contributed by atoms with Crippen molar-refractivity contribution in [2.45, 2.75) is 6.92 Å². The van der Waals surface area contributed by atoms with E-state index in [-0.39, 0.29) is 0 Å². The van der Waals surface area contributed by atoms with Crippen molar-refractivity contribution < 1.29 is 0 Å². The summed E-state index contributed by atoms with van der Waals surface area (Å²) in [4.78, 5) is 0. The molecule has 0 amide bonds. The minimum absolute atomic E-state index is 1.08. The van der Waals surface area contributed by atoms with Crippen LogP contribution in [-0.4, -0.2) is 0 Å². The quantitative estimate of drug-likeness (QED) is 0.265. The van der Waals surface area contributed by atoms with Gasteiger partial charge in [-0.25, -0.2) is 0 Å². The number of rotatable bonds is 5.